The highest BCUT2D eigenvalue weighted by atomic mass is 32.2. The van der Waals surface area contributed by atoms with Gasteiger partial charge in [-0.05, 0) is 100 Å². The summed E-state index contributed by atoms with van der Waals surface area (Å²) in [5, 5.41) is 0. The van der Waals surface area contributed by atoms with Gasteiger partial charge in [-0.3, -0.25) is 8.98 Å². The lowest BCUT2D eigenvalue weighted by Crippen LogP contribution is -2.57. The first-order chi connectivity index (χ1) is 15.1. The number of carbonyl (C=O) groups excluding carboxylic acids is 1. The van der Waals surface area contributed by atoms with Gasteiger partial charge in [0.2, 0.25) is 0 Å². The zero-order chi connectivity index (χ0) is 22.9. The summed E-state index contributed by atoms with van der Waals surface area (Å²) in [5.74, 6) is 1.31. The summed E-state index contributed by atoms with van der Waals surface area (Å²) in [6.45, 7) is 6.10. The largest absolute Gasteiger partial charge is 0.299 e. The van der Waals surface area contributed by atoms with E-state index < -0.39 is 21.7 Å². The van der Waals surface area contributed by atoms with Gasteiger partial charge in [-0.15, -0.1) is 0 Å². The lowest BCUT2D eigenvalue weighted by atomic mass is 9.45. The van der Waals surface area contributed by atoms with E-state index >= 15 is 4.39 Å². The van der Waals surface area contributed by atoms with E-state index in [1.165, 1.54) is 0 Å². The van der Waals surface area contributed by atoms with E-state index in [2.05, 4.69) is 6.92 Å². The number of aryl methyl sites for hydroxylation is 1. The molecule has 0 heterocycles. The van der Waals surface area contributed by atoms with Gasteiger partial charge in [0.25, 0.3) is 10.1 Å². The Kier molecular flexibility index (Phi) is 5.37. The minimum atomic E-state index is -3.79. The molecule has 4 aliphatic rings. The number of hydrogen-bond acceptors (Lipinski definition) is 4. The molecule has 32 heavy (non-hydrogen) atoms. The van der Waals surface area contributed by atoms with Crippen LogP contribution >= 0.6 is 0 Å². The third-order valence-electron chi connectivity index (χ3n) is 9.95. The first-order valence-electron chi connectivity index (χ1n) is 12.2. The molecule has 0 aliphatic heterocycles. The summed E-state index contributed by atoms with van der Waals surface area (Å²) < 4.78 is 46.8. The highest BCUT2D eigenvalue weighted by Gasteiger charge is 2.64. The van der Waals surface area contributed by atoms with Crippen LogP contribution in [-0.4, -0.2) is 26.5 Å². The molecule has 0 spiro atoms. The molecule has 1 aromatic rings. The fraction of sp³-hybridized carbons (Fsp3) is 0.731. The van der Waals surface area contributed by atoms with Crippen LogP contribution in [0.1, 0.15) is 70.8 Å². The lowest BCUT2D eigenvalue weighted by molar-refractivity contribution is -0.156. The minimum Gasteiger partial charge on any atom is -0.299 e. The first kappa shape index (κ1) is 22.5. The van der Waals surface area contributed by atoms with Crippen molar-refractivity contribution in [3.8, 4) is 0 Å². The van der Waals surface area contributed by atoms with Crippen molar-refractivity contribution >= 4 is 15.9 Å². The highest BCUT2D eigenvalue weighted by molar-refractivity contribution is 7.86. The molecule has 0 amide bonds. The summed E-state index contributed by atoms with van der Waals surface area (Å²) in [5.41, 5.74) is 0.216. The van der Waals surface area contributed by atoms with Crippen molar-refractivity contribution in [2.45, 2.75) is 89.3 Å². The Balaban J connectivity index is 1.33. The summed E-state index contributed by atoms with van der Waals surface area (Å²) in [4.78, 5) is 12.8. The van der Waals surface area contributed by atoms with Crippen molar-refractivity contribution in [3.05, 3.63) is 29.8 Å². The molecule has 4 aliphatic carbocycles. The Labute approximate surface area is 191 Å². The molecule has 5 rings (SSSR count). The second-order valence-electron chi connectivity index (χ2n) is 11.4. The summed E-state index contributed by atoms with van der Waals surface area (Å²) in [7, 11) is -3.79. The average molecular weight is 463 g/mol. The quantitative estimate of drug-likeness (QED) is 0.546. The molecule has 176 valence electrons. The van der Waals surface area contributed by atoms with Crippen molar-refractivity contribution in [2.24, 2.45) is 34.5 Å². The Morgan fingerprint density at radius 1 is 1.00 bits per heavy atom. The Morgan fingerprint density at radius 2 is 1.72 bits per heavy atom. The number of alkyl halides is 1. The highest BCUT2D eigenvalue weighted by Crippen LogP contribution is 2.66. The molecule has 0 aromatic heterocycles. The Morgan fingerprint density at radius 3 is 2.44 bits per heavy atom. The molecule has 1 unspecified atom stereocenters. The maximum Gasteiger partial charge on any atom is 0.297 e. The van der Waals surface area contributed by atoms with Gasteiger partial charge in [-0.1, -0.05) is 24.6 Å². The number of benzene rings is 1. The van der Waals surface area contributed by atoms with E-state index in [4.69, 9.17) is 4.18 Å². The summed E-state index contributed by atoms with van der Waals surface area (Å²) in [6.07, 6.45) is 4.73. The van der Waals surface area contributed by atoms with Gasteiger partial charge >= 0.3 is 0 Å². The maximum atomic E-state index is 15.5. The smallest absolute Gasteiger partial charge is 0.297 e. The molecule has 8 atom stereocenters. The normalized spacial score (nSPS) is 43.9. The predicted octanol–water partition coefficient (Wildman–Crippen LogP) is 5.63. The molecule has 6 heteroatoms. The van der Waals surface area contributed by atoms with Gasteiger partial charge in [0.15, 0.2) is 0 Å². The molecule has 0 saturated heterocycles. The van der Waals surface area contributed by atoms with E-state index in [1.54, 1.807) is 24.3 Å². The van der Waals surface area contributed by atoms with E-state index in [0.29, 0.717) is 37.5 Å². The van der Waals surface area contributed by atoms with E-state index in [-0.39, 0.29) is 34.0 Å². The van der Waals surface area contributed by atoms with Crippen LogP contribution in [0.15, 0.2) is 29.2 Å². The predicted molar refractivity (Wildman–Crippen MR) is 120 cm³/mol. The Bertz CT molecular complexity index is 1010. The van der Waals surface area contributed by atoms with Gasteiger partial charge in [0, 0.05) is 6.42 Å². The van der Waals surface area contributed by atoms with Crippen LogP contribution in [0.5, 0.6) is 0 Å². The van der Waals surface area contributed by atoms with Crippen molar-refractivity contribution in [1.82, 2.24) is 0 Å². The fourth-order valence-corrected chi connectivity index (χ4v) is 9.06. The van der Waals surface area contributed by atoms with Gasteiger partial charge in [0.05, 0.1) is 16.4 Å². The second-order valence-corrected chi connectivity index (χ2v) is 12.9. The molecular weight excluding hydrogens is 427 g/mol. The maximum absolute atomic E-state index is 15.5. The molecule has 4 saturated carbocycles. The molecule has 0 radical (unpaired) electrons. The Hall–Kier alpha value is -1.27. The SMILES string of the molecule is Cc1ccc(S(=O)(=O)O[C@H]2CC[C@@]3(C)C(CC[C@H]4[C@@H]5CCC(=O)[C@@]5(C)[C@@H](F)C[C@@H]43)C2)cc1. The number of fused-ring (bicyclic) bond motifs is 5. The van der Waals surface area contributed by atoms with Gasteiger partial charge < -0.3 is 0 Å². The molecule has 4 nitrogen and oxygen atoms in total. The fourth-order valence-electron chi connectivity index (χ4n) is 7.95. The molecule has 0 N–H and O–H groups in total. The van der Waals surface area contributed by atoms with Gasteiger partial charge in [-0.2, -0.15) is 8.42 Å². The van der Waals surface area contributed by atoms with Crippen molar-refractivity contribution < 1.29 is 21.8 Å². The van der Waals surface area contributed by atoms with Crippen LogP contribution in [0, 0.1) is 41.4 Å². The average Bonchev–Trinajstić information content (AvgIpc) is 3.05. The number of hydrogen-bond donors (Lipinski definition) is 0. The van der Waals surface area contributed by atoms with Crippen LogP contribution in [0.2, 0.25) is 0 Å². The minimum absolute atomic E-state index is 0.00624. The van der Waals surface area contributed by atoms with Crippen molar-refractivity contribution in [3.63, 3.8) is 0 Å². The summed E-state index contributed by atoms with van der Waals surface area (Å²) in [6, 6.07) is 6.78. The zero-order valence-corrected chi connectivity index (χ0v) is 20.2. The number of halogens is 1. The topological polar surface area (TPSA) is 60.4 Å². The second kappa shape index (κ2) is 7.63. The number of ketones is 1. The number of Topliss-reactive ketones (excluding diaryl/α,β-unsaturated/α-hetero) is 1. The van der Waals surface area contributed by atoms with Crippen molar-refractivity contribution in [1.29, 1.82) is 0 Å². The molecular formula is C26H35FO4S. The van der Waals surface area contributed by atoms with E-state index in [9.17, 15) is 13.2 Å². The van der Waals surface area contributed by atoms with Crippen LogP contribution in [0.4, 0.5) is 4.39 Å². The zero-order valence-electron chi connectivity index (χ0n) is 19.3. The van der Waals surface area contributed by atoms with Gasteiger partial charge in [0.1, 0.15) is 12.0 Å². The lowest BCUT2D eigenvalue weighted by Gasteiger charge is -2.60. The van der Waals surface area contributed by atoms with E-state index in [0.717, 1.165) is 31.2 Å². The summed E-state index contributed by atoms with van der Waals surface area (Å²) >= 11 is 0. The molecule has 0 bridgehead atoms. The van der Waals surface area contributed by atoms with Crippen molar-refractivity contribution in [2.75, 3.05) is 0 Å². The first-order valence-corrected chi connectivity index (χ1v) is 13.6. The molecule has 1 aromatic carbocycles. The van der Waals surface area contributed by atoms with Crippen LogP contribution in [-0.2, 0) is 19.1 Å². The van der Waals surface area contributed by atoms with E-state index in [1.807, 2.05) is 13.8 Å². The monoisotopic (exact) mass is 462 g/mol. The molecule has 4 fully saturated rings. The van der Waals surface area contributed by atoms with Crippen LogP contribution < -0.4 is 0 Å². The number of carbonyl (C=O) groups is 1. The standard InChI is InChI=1S/C26H35FO4S/c1-16-4-7-19(8-5-16)32(29,30)31-18-12-13-25(2)17(14-18)6-9-20-21-10-11-24(28)26(21,3)23(27)15-22(20)25/h4-5,7-8,17-18,20-23H,6,9-15H2,1-3H3/t17?,18-,20-,21-,22-,23-,25-,26+/m0/s1. The third-order valence-corrected chi connectivity index (χ3v) is 11.3. The van der Waals surface area contributed by atoms with Gasteiger partial charge in [-0.25, -0.2) is 4.39 Å². The van der Waals surface area contributed by atoms with Crippen LogP contribution in [0.25, 0.3) is 0 Å². The van der Waals surface area contributed by atoms with Crippen LogP contribution in [0.3, 0.4) is 0 Å². The third kappa shape index (κ3) is 3.31. The number of rotatable bonds is 3.